The first-order valence-electron chi connectivity index (χ1n) is 12.2. The van der Waals surface area contributed by atoms with E-state index in [1.807, 2.05) is 47.4 Å². The highest BCUT2D eigenvalue weighted by Gasteiger charge is 2.31. The second-order valence-corrected chi connectivity index (χ2v) is 9.36. The third-order valence-electron chi connectivity index (χ3n) is 7.22. The summed E-state index contributed by atoms with van der Waals surface area (Å²) in [6, 6.07) is 18.5. The molecule has 36 heavy (non-hydrogen) atoms. The van der Waals surface area contributed by atoms with Gasteiger partial charge in [-0.3, -0.25) is 9.59 Å². The number of amides is 1. The van der Waals surface area contributed by atoms with E-state index in [4.69, 9.17) is 4.74 Å². The molecule has 1 N–H and O–H groups in total. The maximum Gasteiger partial charge on any atom is 0.323 e. The topological polar surface area (TPSA) is 71.8 Å². The van der Waals surface area contributed by atoms with E-state index in [9.17, 15) is 19.1 Å². The summed E-state index contributed by atoms with van der Waals surface area (Å²) in [4.78, 5) is 27.1. The molecular formula is C29H29FN2O4. The lowest BCUT2D eigenvalue weighted by molar-refractivity contribution is -0.137. The fourth-order valence-electron chi connectivity index (χ4n) is 5.60. The van der Waals surface area contributed by atoms with Crippen LogP contribution in [-0.2, 0) is 40.1 Å². The molecule has 1 aromatic heterocycles. The predicted octanol–water partition coefficient (Wildman–Crippen LogP) is 4.59. The molecule has 1 heterocycles. The molecule has 3 aromatic carbocycles. The zero-order valence-electron chi connectivity index (χ0n) is 20.2. The number of hydrogen-bond donors (Lipinski definition) is 1. The van der Waals surface area contributed by atoms with E-state index in [1.54, 1.807) is 17.7 Å². The van der Waals surface area contributed by atoms with Crippen molar-refractivity contribution in [2.75, 3.05) is 20.3 Å². The zero-order chi connectivity index (χ0) is 25.2. The maximum atomic E-state index is 14.2. The molecule has 0 bridgehead atoms. The van der Waals surface area contributed by atoms with Crippen molar-refractivity contribution in [3.05, 3.63) is 83.3 Å². The minimum Gasteiger partial charge on any atom is -0.480 e. The number of carbonyl (C=O) groups excluding carboxylic acids is 1. The van der Waals surface area contributed by atoms with E-state index in [1.165, 1.54) is 12.1 Å². The molecular weight excluding hydrogens is 459 g/mol. The molecule has 0 unspecified atom stereocenters. The van der Waals surface area contributed by atoms with Crippen molar-refractivity contribution >= 4 is 33.6 Å². The van der Waals surface area contributed by atoms with Crippen LogP contribution in [0.25, 0.3) is 21.7 Å². The van der Waals surface area contributed by atoms with Crippen LogP contribution < -0.4 is 0 Å². The van der Waals surface area contributed by atoms with E-state index in [2.05, 4.69) is 0 Å². The number of carboxylic acids is 1. The van der Waals surface area contributed by atoms with Crippen LogP contribution in [0.2, 0.25) is 0 Å². The van der Waals surface area contributed by atoms with Crippen molar-refractivity contribution in [2.24, 2.45) is 0 Å². The first-order chi connectivity index (χ1) is 17.5. The molecule has 0 aliphatic heterocycles. The fourth-order valence-corrected chi connectivity index (χ4v) is 5.60. The summed E-state index contributed by atoms with van der Waals surface area (Å²) in [5.74, 6) is -1.27. The number of rotatable bonds is 8. The summed E-state index contributed by atoms with van der Waals surface area (Å²) >= 11 is 0. The Bertz CT molecular complexity index is 1440. The molecule has 0 saturated carbocycles. The van der Waals surface area contributed by atoms with Crippen molar-refractivity contribution in [3.8, 4) is 0 Å². The number of nitrogens with zero attached hydrogens (tertiary/aromatic N) is 2. The van der Waals surface area contributed by atoms with Crippen molar-refractivity contribution < 1.29 is 23.8 Å². The normalized spacial score (nSPS) is 15.2. The van der Waals surface area contributed by atoms with Gasteiger partial charge in [-0.2, -0.15) is 0 Å². The number of aromatic nitrogens is 1. The van der Waals surface area contributed by atoms with Gasteiger partial charge < -0.3 is 19.3 Å². The van der Waals surface area contributed by atoms with Gasteiger partial charge >= 0.3 is 5.97 Å². The van der Waals surface area contributed by atoms with Gasteiger partial charge in [-0.25, -0.2) is 4.39 Å². The molecule has 5 rings (SSSR count). The Labute approximate surface area is 208 Å². The summed E-state index contributed by atoms with van der Waals surface area (Å²) in [5, 5.41) is 12.4. The Kier molecular flexibility index (Phi) is 6.74. The van der Waals surface area contributed by atoms with E-state index in [0.717, 1.165) is 38.5 Å². The standard InChI is InChI=1S/C29H29FN2O4/c1-36-14-13-31(28(33)15-20-7-4-6-19-5-2-3-8-23(19)20)22-10-12-27-25(17-22)24-16-21(30)9-11-26(24)32(27)18-29(34)35/h2-9,11,16,22H,10,12-15,17-18H2,1H3,(H,34,35)/t22-/m0/s1. The van der Waals surface area contributed by atoms with Crippen LogP contribution in [0.1, 0.15) is 23.2 Å². The van der Waals surface area contributed by atoms with Crippen molar-refractivity contribution in [1.82, 2.24) is 9.47 Å². The van der Waals surface area contributed by atoms with Crippen LogP contribution in [0.3, 0.4) is 0 Å². The number of aliphatic carboxylic acids is 1. The number of carbonyl (C=O) groups is 2. The van der Waals surface area contributed by atoms with Gasteiger partial charge in [-0.15, -0.1) is 0 Å². The Morgan fingerprint density at radius 3 is 2.72 bits per heavy atom. The molecule has 6 nitrogen and oxygen atoms in total. The Morgan fingerprint density at radius 2 is 1.92 bits per heavy atom. The van der Waals surface area contributed by atoms with Gasteiger partial charge in [0.2, 0.25) is 5.91 Å². The molecule has 7 heteroatoms. The second kappa shape index (κ2) is 10.1. The molecule has 186 valence electrons. The van der Waals surface area contributed by atoms with Crippen molar-refractivity contribution in [3.63, 3.8) is 0 Å². The van der Waals surface area contributed by atoms with Crippen LogP contribution in [0, 0.1) is 5.82 Å². The molecule has 0 fully saturated rings. The molecule has 1 aliphatic rings. The van der Waals surface area contributed by atoms with E-state index >= 15 is 0 Å². The van der Waals surface area contributed by atoms with E-state index in [-0.39, 0.29) is 30.7 Å². The molecule has 0 saturated heterocycles. The molecule has 1 atom stereocenters. The minimum absolute atomic E-state index is 0.0253. The average molecular weight is 489 g/mol. The lowest BCUT2D eigenvalue weighted by Gasteiger charge is -2.35. The van der Waals surface area contributed by atoms with Gasteiger partial charge in [0, 0.05) is 36.3 Å². The molecule has 0 spiro atoms. The molecule has 0 radical (unpaired) electrons. The van der Waals surface area contributed by atoms with Crippen LogP contribution in [0.4, 0.5) is 4.39 Å². The lowest BCUT2D eigenvalue weighted by atomic mass is 9.89. The number of methoxy groups -OCH3 is 1. The Balaban J connectivity index is 1.47. The number of carboxylic acid groups (broad SMARTS) is 1. The Morgan fingerprint density at radius 1 is 1.11 bits per heavy atom. The number of benzene rings is 3. The first-order valence-corrected chi connectivity index (χ1v) is 12.2. The van der Waals surface area contributed by atoms with Gasteiger partial charge in [0.05, 0.1) is 13.0 Å². The smallest absolute Gasteiger partial charge is 0.323 e. The number of halogens is 1. The summed E-state index contributed by atoms with van der Waals surface area (Å²) in [7, 11) is 1.62. The SMILES string of the molecule is COCCN(C(=O)Cc1cccc2ccccc12)[C@H]1CCc2c(c3cc(F)ccc3n2CC(=O)O)C1. The molecule has 1 amide bonds. The monoisotopic (exact) mass is 488 g/mol. The quantitative estimate of drug-likeness (QED) is 0.394. The van der Waals surface area contributed by atoms with E-state index in [0.29, 0.717) is 32.4 Å². The highest BCUT2D eigenvalue weighted by molar-refractivity contribution is 5.91. The lowest BCUT2D eigenvalue weighted by Crippen LogP contribution is -2.46. The van der Waals surface area contributed by atoms with Gasteiger partial charge in [0.15, 0.2) is 0 Å². The summed E-state index contributed by atoms with van der Waals surface area (Å²) < 4.78 is 21.3. The summed E-state index contributed by atoms with van der Waals surface area (Å²) in [5.41, 5.74) is 3.55. The van der Waals surface area contributed by atoms with Crippen molar-refractivity contribution in [1.29, 1.82) is 0 Å². The molecule has 1 aliphatic carbocycles. The maximum absolute atomic E-state index is 14.2. The van der Waals surface area contributed by atoms with Crippen LogP contribution in [0.5, 0.6) is 0 Å². The van der Waals surface area contributed by atoms with Crippen molar-refractivity contribution in [2.45, 2.75) is 38.3 Å². The van der Waals surface area contributed by atoms with Gasteiger partial charge in [0.1, 0.15) is 12.4 Å². The van der Waals surface area contributed by atoms with Gasteiger partial charge in [-0.1, -0.05) is 42.5 Å². The predicted molar refractivity (Wildman–Crippen MR) is 137 cm³/mol. The highest BCUT2D eigenvalue weighted by Crippen LogP contribution is 2.34. The first kappa shape index (κ1) is 24.0. The largest absolute Gasteiger partial charge is 0.480 e. The molecule has 4 aromatic rings. The Hall–Kier alpha value is -3.71. The van der Waals surface area contributed by atoms with Gasteiger partial charge in [0.25, 0.3) is 0 Å². The summed E-state index contributed by atoms with van der Waals surface area (Å²) in [6.45, 7) is 0.706. The second-order valence-electron chi connectivity index (χ2n) is 9.36. The van der Waals surface area contributed by atoms with Crippen LogP contribution in [-0.4, -0.2) is 52.8 Å². The van der Waals surface area contributed by atoms with Crippen LogP contribution in [0.15, 0.2) is 60.7 Å². The average Bonchev–Trinajstić information content (AvgIpc) is 3.16. The third kappa shape index (κ3) is 4.58. The van der Waals surface area contributed by atoms with E-state index < -0.39 is 5.97 Å². The number of hydrogen-bond acceptors (Lipinski definition) is 3. The highest BCUT2D eigenvalue weighted by atomic mass is 19.1. The minimum atomic E-state index is -0.937. The van der Waals surface area contributed by atoms with Crippen LogP contribution >= 0.6 is 0 Å². The van der Waals surface area contributed by atoms with Gasteiger partial charge in [-0.05, 0) is 59.4 Å². The third-order valence-corrected chi connectivity index (χ3v) is 7.22. The number of ether oxygens (including phenoxy) is 1. The number of fused-ring (bicyclic) bond motifs is 4. The zero-order valence-corrected chi connectivity index (χ0v) is 20.2. The fraction of sp³-hybridized carbons (Fsp3) is 0.310. The summed E-state index contributed by atoms with van der Waals surface area (Å²) in [6.07, 6.45) is 2.15.